The number of piperidine rings is 1. The predicted molar refractivity (Wildman–Crippen MR) is 73.4 cm³/mol. The van der Waals surface area contributed by atoms with Gasteiger partial charge in [0.2, 0.25) is 0 Å². The fraction of sp³-hybridized carbons (Fsp3) is 0.533. The summed E-state index contributed by atoms with van der Waals surface area (Å²) in [6.45, 7) is 0.356. The highest BCUT2D eigenvalue weighted by Crippen LogP contribution is 2.29. The van der Waals surface area contributed by atoms with Crippen LogP contribution in [0, 0.1) is 11.8 Å². The molecule has 2 saturated heterocycles. The van der Waals surface area contributed by atoms with Crippen molar-refractivity contribution in [2.24, 2.45) is 11.8 Å². The maximum Gasteiger partial charge on any atom is 0.387 e. The molecule has 0 radical (unpaired) electrons. The molecule has 114 valence electrons. The Hall–Kier alpha value is -1.69. The molecule has 0 spiro atoms. The number of likely N-dealkylation sites (tertiary alicyclic amines) is 1. The maximum atomic E-state index is 12.6. The van der Waals surface area contributed by atoms with Gasteiger partial charge in [-0.05, 0) is 43.5 Å². The molecule has 6 heteroatoms. The van der Waals surface area contributed by atoms with Gasteiger partial charge < -0.3 is 15.0 Å². The van der Waals surface area contributed by atoms with Crippen LogP contribution in [0.3, 0.4) is 0 Å². The Balaban J connectivity index is 1.76. The first-order valence-electron chi connectivity index (χ1n) is 7.19. The van der Waals surface area contributed by atoms with Crippen molar-refractivity contribution >= 4 is 5.91 Å². The second-order valence-corrected chi connectivity index (χ2v) is 5.59. The zero-order valence-corrected chi connectivity index (χ0v) is 11.6. The molecule has 21 heavy (non-hydrogen) atoms. The fourth-order valence-electron chi connectivity index (χ4n) is 3.23. The van der Waals surface area contributed by atoms with Crippen molar-refractivity contribution in [3.05, 3.63) is 29.8 Å². The summed E-state index contributed by atoms with van der Waals surface area (Å²) in [4.78, 5) is 14.3. The number of alkyl halides is 2. The highest BCUT2D eigenvalue weighted by Gasteiger charge is 2.35. The number of fused-ring (bicyclic) bond motifs is 1. The van der Waals surface area contributed by atoms with Gasteiger partial charge in [0, 0.05) is 13.1 Å². The highest BCUT2D eigenvalue weighted by molar-refractivity contribution is 5.97. The van der Waals surface area contributed by atoms with E-state index in [-0.39, 0.29) is 17.2 Å². The van der Waals surface area contributed by atoms with Gasteiger partial charge in [0.15, 0.2) is 0 Å². The third-order valence-electron chi connectivity index (χ3n) is 4.33. The molecule has 2 aliphatic rings. The van der Waals surface area contributed by atoms with Crippen LogP contribution in [-0.2, 0) is 0 Å². The molecule has 0 aromatic heterocycles. The Kier molecular flexibility index (Phi) is 4.05. The number of hydrogen-bond donors (Lipinski definition) is 1. The summed E-state index contributed by atoms with van der Waals surface area (Å²) in [5.41, 5.74) is 0.210. The molecule has 1 N–H and O–H groups in total. The monoisotopic (exact) mass is 296 g/mol. The van der Waals surface area contributed by atoms with E-state index in [1.165, 1.54) is 6.07 Å². The van der Waals surface area contributed by atoms with E-state index in [0.29, 0.717) is 24.9 Å². The summed E-state index contributed by atoms with van der Waals surface area (Å²) in [6.07, 6.45) is 0.960. The van der Waals surface area contributed by atoms with E-state index in [2.05, 4.69) is 10.1 Å². The SMILES string of the molecule is O=C(c1ccccc1OC(F)F)N1CCC2CNCC2C1. The average Bonchev–Trinajstić information content (AvgIpc) is 2.94. The number of benzene rings is 1. The molecule has 0 bridgehead atoms. The fourth-order valence-corrected chi connectivity index (χ4v) is 3.23. The number of amides is 1. The molecule has 3 rings (SSSR count). The van der Waals surface area contributed by atoms with E-state index in [0.717, 1.165) is 19.5 Å². The summed E-state index contributed by atoms with van der Waals surface area (Å²) in [5.74, 6) is 0.813. The van der Waals surface area contributed by atoms with Gasteiger partial charge in [0.25, 0.3) is 5.91 Å². The standard InChI is InChI=1S/C15H18F2N2O2/c16-15(17)21-13-4-2-1-3-12(13)14(20)19-6-5-10-7-18-8-11(10)9-19/h1-4,10-11,15,18H,5-9H2. The van der Waals surface area contributed by atoms with E-state index in [9.17, 15) is 13.6 Å². The van der Waals surface area contributed by atoms with Gasteiger partial charge in [-0.15, -0.1) is 0 Å². The van der Waals surface area contributed by atoms with Crippen molar-refractivity contribution in [1.29, 1.82) is 0 Å². The molecule has 2 atom stereocenters. The number of para-hydroxylation sites is 1. The van der Waals surface area contributed by atoms with Crippen molar-refractivity contribution < 1.29 is 18.3 Å². The first kappa shape index (κ1) is 14.3. The van der Waals surface area contributed by atoms with Crippen LogP contribution in [0.4, 0.5) is 8.78 Å². The molecule has 1 aromatic rings. The first-order valence-corrected chi connectivity index (χ1v) is 7.19. The number of ether oxygens (including phenoxy) is 1. The van der Waals surface area contributed by atoms with Gasteiger partial charge in [-0.1, -0.05) is 12.1 Å². The van der Waals surface area contributed by atoms with Crippen LogP contribution >= 0.6 is 0 Å². The lowest BCUT2D eigenvalue weighted by molar-refractivity contribution is -0.0503. The molecule has 2 heterocycles. The molecule has 1 aromatic carbocycles. The van der Waals surface area contributed by atoms with Crippen LogP contribution in [0.1, 0.15) is 16.8 Å². The minimum Gasteiger partial charge on any atom is -0.434 e. The maximum absolute atomic E-state index is 12.6. The van der Waals surface area contributed by atoms with Crippen molar-refractivity contribution in [2.75, 3.05) is 26.2 Å². The lowest BCUT2D eigenvalue weighted by Crippen LogP contribution is -2.43. The second-order valence-electron chi connectivity index (χ2n) is 5.59. The van der Waals surface area contributed by atoms with Gasteiger partial charge >= 0.3 is 6.61 Å². The van der Waals surface area contributed by atoms with Crippen molar-refractivity contribution in [3.8, 4) is 5.75 Å². The Morgan fingerprint density at radius 2 is 2.05 bits per heavy atom. The molecule has 2 fully saturated rings. The third kappa shape index (κ3) is 3.00. The molecule has 0 saturated carbocycles. The van der Waals surface area contributed by atoms with Crippen molar-refractivity contribution in [1.82, 2.24) is 10.2 Å². The molecule has 2 unspecified atom stereocenters. The molecule has 1 amide bonds. The summed E-state index contributed by atoms with van der Waals surface area (Å²) in [5, 5.41) is 3.34. The predicted octanol–water partition coefficient (Wildman–Crippen LogP) is 1.97. The zero-order valence-electron chi connectivity index (χ0n) is 11.6. The number of hydrogen-bond acceptors (Lipinski definition) is 3. The van der Waals surface area contributed by atoms with Crippen LogP contribution in [0.5, 0.6) is 5.75 Å². The van der Waals surface area contributed by atoms with Crippen LogP contribution < -0.4 is 10.1 Å². The lowest BCUT2D eigenvalue weighted by Gasteiger charge is -2.34. The zero-order chi connectivity index (χ0) is 14.8. The normalized spacial score (nSPS) is 25.0. The minimum atomic E-state index is -2.93. The smallest absolute Gasteiger partial charge is 0.387 e. The quantitative estimate of drug-likeness (QED) is 0.927. The Morgan fingerprint density at radius 1 is 1.29 bits per heavy atom. The average molecular weight is 296 g/mol. The minimum absolute atomic E-state index is 0.0517. The van der Waals surface area contributed by atoms with E-state index < -0.39 is 6.61 Å². The second kappa shape index (κ2) is 5.97. The van der Waals surface area contributed by atoms with Crippen molar-refractivity contribution in [3.63, 3.8) is 0 Å². The Labute approximate surface area is 122 Å². The Morgan fingerprint density at radius 3 is 2.86 bits per heavy atom. The van der Waals surface area contributed by atoms with Crippen LogP contribution in [0.15, 0.2) is 24.3 Å². The van der Waals surface area contributed by atoms with Crippen molar-refractivity contribution in [2.45, 2.75) is 13.0 Å². The van der Waals surface area contributed by atoms with E-state index >= 15 is 0 Å². The number of rotatable bonds is 3. The number of halogens is 2. The topological polar surface area (TPSA) is 41.6 Å². The number of nitrogens with one attached hydrogen (secondary N) is 1. The summed E-state index contributed by atoms with van der Waals surface area (Å²) in [6, 6.07) is 6.19. The van der Waals surface area contributed by atoms with Gasteiger partial charge in [-0.2, -0.15) is 8.78 Å². The molecular formula is C15H18F2N2O2. The number of carbonyl (C=O) groups excluding carboxylic acids is 1. The first-order chi connectivity index (χ1) is 10.1. The van der Waals surface area contributed by atoms with Crippen LogP contribution in [0.25, 0.3) is 0 Å². The third-order valence-corrected chi connectivity index (χ3v) is 4.33. The lowest BCUT2D eigenvalue weighted by atomic mass is 9.88. The number of carbonyl (C=O) groups is 1. The molecule has 4 nitrogen and oxygen atoms in total. The molecular weight excluding hydrogens is 278 g/mol. The van der Waals surface area contributed by atoms with Gasteiger partial charge in [-0.25, -0.2) is 0 Å². The summed E-state index contributed by atoms with van der Waals surface area (Å²) in [7, 11) is 0. The van der Waals surface area contributed by atoms with Gasteiger partial charge in [0.05, 0.1) is 5.56 Å². The van der Waals surface area contributed by atoms with Crippen LogP contribution in [-0.4, -0.2) is 43.6 Å². The highest BCUT2D eigenvalue weighted by atomic mass is 19.3. The van der Waals surface area contributed by atoms with E-state index in [1.54, 1.807) is 23.1 Å². The Bertz CT molecular complexity index is 524. The van der Waals surface area contributed by atoms with Gasteiger partial charge in [0.1, 0.15) is 5.75 Å². The largest absolute Gasteiger partial charge is 0.434 e. The summed E-state index contributed by atoms with van der Waals surface area (Å²) < 4.78 is 29.3. The van der Waals surface area contributed by atoms with Gasteiger partial charge in [-0.3, -0.25) is 4.79 Å². The molecule has 2 aliphatic heterocycles. The van der Waals surface area contributed by atoms with E-state index in [1.807, 2.05) is 0 Å². The number of nitrogens with zero attached hydrogens (tertiary/aromatic N) is 1. The summed E-state index contributed by atoms with van der Waals surface area (Å²) >= 11 is 0. The molecule has 0 aliphatic carbocycles. The van der Waals surface area contributed by atoms with E-state index in [4.69, 9.17) is 0 Å². The van der Waals surface area contributed by atoms with Crippen LogP contribution in [0.2, 0.25) is 0 Å².